The molecule has 0 aliphatic carbocycles. The smallest absolute Gasteiger partial charge is 0.155 e. The van der Waals surface area contributed by atoms with Crippen LogP contribution in [0.2, 0.25) is 0 Å². The number of hydrogen-bond donors (Lipinski definition) is 1. The predicted octanol–water partition coefficient (Wildman–Crippen LogP) is 3.25. The molecule has 2 N–H and O–H groups in total. The van der Waals surface area contributed by atoms with Gasteiger partial charge in [-0.1, -0.05) is 47.7 Å². The van der Waals surface area contributed by atoms with Crippen LogP contribution in [0, 0.1) is 0 Å². The average molecular weight is 409 g/mol. The summed E-state index contributed by atoms with van der Waals surface area (Å²) in [5, 5.41) is 13.1. The molecule has 8 heteroatoms. The molecule has 0 radical (unpaired) electrons. The van der Waals surface area contributed by atoms with E-state index in [0.717, 1.165) is 45.2 Å². The van der Waals surface area contributed by atoms with Crippen molar-refractivity contribution >= 4 is 5.65 Å². The zero-order valence-electron chi connectivity index (χ0n) is 16.8. The fraction of sp³-hybridized carbons (Fsp3) is 0.130. The number of hydrogen-bond acceptors (Lipinski definition) is 6. The van der Waals surface area contributed by atoms with Crippen LogP contribution in [0.15, 0.2) is 66.9 Å². The van der Waals surface area contributed by atoms with Crippen molar-refractivity contribution in [3.63, 3.8) is 0 Å². The second-order valence-electron chi connectivity index (χ2n) is 7.61. The van der Waals surface area contributed by atoms with Gasteiger partial charge in [-0.2, -0.15) is 5.10 Å². The van der Waals surface area contributed by atoms with E-state index in [-0.39, 0.29) is 6.04 Å². The van der Waals surface area contributed by atoms with Crippen molar-refractivity contribution < 1.29 is 4.74 Å². The highest BCUT2D eigenvalue weighted by atomic mass is 16.5. The van der Waals surface area contributed by atoms with Gasteiger partial charge in [-0.15, -0.1) is 5.10 Å². The molecule has 0 amide bonds. The quantitative estimate of drug-likeness (QED) is 0.491. The number of rotatable bonds is 3. The van der Waals surface area contributed by atoms with Gasteiger partial charge in [-0.3, -0.25) is 4.68 Å². The molecule has 0 fully saturated rings. The van der Waals surface area contributed by atoms with Crippen LogP contribution in [0.5, 0.6) is 5.75 Å². The van der Waals surface area contributed by atoms with Crippen LogP contribution < -0.4 is 10.5 Å². The normalized spacial score (nSPS) is 15.2. The number of aryl methyl sites for hydroxylation is 1. The van der Waals surface area contributed by atoms with E-state index < -0.39 is 0 Å². The SMILES string of the molecule is Cn1cc(-c2ccc3nc(-c4ccc5c(c4)OC[C@@H]5N)c(-c4ccccc4)n3n2)nn1. The van der Waals surface area contributed by atoms with E-state index >= 15 is 0 Å². The van der Waals surface area contributed by atoms with Crippen LogP contribution in [-0.2, 0) is 7.05 Å². The van der Waals surface area contributed by atoms with Gasteiger partial charge < -0.3 is 10.5 Å². The minimum atomic E-state index is -0.0880. The minimum Gasteiger partial charge on any atom is -0.491 e. The summed E-state index contributed by atoms with van der Waals surface area (Å²) in [5.74, 6) is 0.814. The number of benzene rings is 2. The van der Waals surface area contributed by atoms with Crippen molar-refractivity contribution in [2.24, 2.45) is 12.8 Å². The Morgan fingerprint density at radius 3 is 2.68 bits per heavy atom. The van der Waals surface area contributed by atoms with Gasteiger partial charge in [0.05, 0.1) is 17.9 Å². The summed E-state index contributed by atoms with van der Waals surface area (Å²) in [6.07, 6.45) is 1.84. The molecule has 6 rings (SSSR count). The third kappa shape index (κ3) is 2.88. The molecule has 152 valence electrons. The Morgan fingerprint density at radius 2 is 1.87 bits per heavy atom. The minimum absolute atomic E-state index is 0.0880. The molecule has 31 heavy (non-hydrogen) atoms. The van der Waals surface area contributed by atoms with Crippen molar-refractivity contribution in [3.05, 3.63) is 72.4 Å². The molecular weight excluding hydrogens is 390 g/mol. The van der Waals surface area contributed by atoms with Gasteiger partial charge in [0, 0.05) is 23.7 Å². The van der Waals surface area contributed by atoms with Crippen molar-refractivity contribution in [3.8, 4) is 39.7 Å². The summed E-state index contributed by atoms with van der Waals surface area (Å²) in [5.41, 5.74) is 13.1. The third-order valence-electron chi connectivity index (χ3n) is 5.49. The number of ether oxygens (including phenoxy) is 1. The molecule has 0 bridgehead atoms. The Balaban J connectivity index is 1.59. The van der Waals surface area contributed by atoms with Crippen molar-refractivity contribution in [1.82, 2.24) is 29.6 Å². The zero-order chi connectivity index (χ0) is 20.9. The number of fused-ring (bicyclic) bond motifs is 2. The van der Waals surface area contributed by atoms with Gasteiger partial charge in [0.2, 0.25) is 0 Å². The highest BCUT2D eigenvalue weighted by Crippen LogP contribution is 2.38. The number of nitrogens with two attached hydrogens (primary N) is 1. The van der Waals surface area contributed by atoms with Crippen LogP contribution >= 0.6 is 0 Å². The Kier molecular flexibility index (Phi) is 3.87. The largest absolute Gasteiger partial charge is 0.491 e. The van der Waals surface area contributed by atoms with Crippen LogP contribution in [0.1, 0.15) is 11.6 Å². The van der Waals surface area contributed by atoms with Gasteiger partial charge in [0.1, 0.15) is 29.4 Å². The fourth-order valence-corrected chi connectivity index (χ4v) is 3.97. The van der Waals surface area contributed by atoms with Crippen LogP contribution in [0.25, 0.3) is 39.5 Å². The summed E-state index contributed by atoms with van der Waals surface area (Å²) in [4.78, 5) is 4.92. The highest BCUT2D eigenvalue weighted by Gasteiger charge is 2.23. The maximum Gasteiger partial charge on any atom is 0.155 e. The predicted molar refractivity (Wildman–Crippen MR) is 116 cm³/mol. The van der Waals surface area contributed by atoms with E-state index in [1.165, 1.54) is 0 Å². The standard InChI is InChI=1S/C23H19N7O/c1-29-12-19(26-28-29)18-9-10-21-25-22(15-7-8-16-17(24)13-31-20(16)11-15)23(30(21)27-18)14-5-3-2-4-6-14/h2-12,17H,13,24H2,1H3/t17-/m0/s1. The van der Waals surface area contributed by atoms with Gasteiger partial charge in [-0.05, 0) is 18.2 Å². The van der Waals surface area contributed by atoms with Crippen LogP contribution in [0.4, 0.5) is 0 Å². The van der Waals surface area contributed by atoms with Crippen LogP contribution in [-0.4, -0.2) is 36.2 Å². The summed E-state index contributed by atoms with van der Waals surface area (Å²) in [6.45, 7) is 0.499. The van der Waals surface area contributed by atoms with Gasteiger partial charge in [0.25, 0.3) is 0 Å². The Bertz CT molecular complexity index is 1420. The lowest BCUT2D eigenvalue weighted by molar-refractivity contribution is 0.333. The molecule has 0 saturated carbocycles. The van der Waals surface area contributed by atoms with E-state index in [1.54, 1.807) is 4.68 Å². The molecular formula is C23H19N7O. The molecule has 0 spiro atoms. The van der Waals surface area contributed by atoms with Gasteiger partial charge >= 0.3 is 0 Å². The maximum atomic E-state index is 6.12. The Labute approximate surface area is 177 Å². The van der Waals surface area contributed by atoms with E-state index in [4.69, 9.17) is 20.6 Å². The molecule has 0 saturated heterocycles. The maximum absolute atomic E-state index is 6.12. The lowest BCUT2D eigenvalue weighted by Gasteiger charge is -2.07. The number of aromatic nitrogens is 6. The topological polar surface area (TPSA) is 96.2 Å². The van der Waals surface area contributed by atoms with Gasteiger partial charge in [-0.25, -0.2) is 9.50 Å². The second-order valence-corrected chi connectivity index (χ2v) is 7.61. The van der Waals surface area contributed by atoms with Gasteiger partial charge in [0.15, 0.2) is 5.65 Å². The molecule has 1 aliphatic rings. The Morgan fingerprint density at radius 1 is 1.00 bits per heavy atom. The van der Waals surface area contributed by atoms with E-state index in [0.29, 0.717) is 12.3 Å². The third-order valence-corrected chi connectivity index (χ3v) is 5.49. The van der Waals surface area contributed by atoms with E-state index in [2.05, 4.69) is 22.4 Å². The first kappa shape index (κ1) is 17.8. The van der Waals surface area contributed by atoms with E-state index in [1.807, 2.05) is 66.3 Å². The van der Waals surface area contributed by atoms with Crippen molar-refractivity contribution in [1.29, 1.82) is 0 Å². The van der Waals surface area contributed by atoms with Crippen LogP contribution in [0.3, 0.4) is 0 Å². The fourth-order valence-electron chi connectivity index (χ4n) is 3.97. The molecule has 5 aromatic rings. The molecule has 3 aromatic heterocycles. The van der Waals surface area contributed by atoms with E-state index in [9.17, 15) is 0 Å². The van der Waals surface area contributed by atoms with Crippen molar-refractivity contribution in [2.45, 2.75) is 6.04 Å². The summed E-state index contributed by atoms with van der Waals surface area (Å²) in [6, 6.07) is 20.0. The lowest BCUT2D eigenvalue weighted by atomic mass is 10.0. The molecule has 2 aromatic carbocycles. The monoisotopic (exact) mass is 409 g/mol. The molecule has 1 aliphatic heterocycles. The summed E-state index contributed by atoms with van der Waals surface area (Å²) >= 11 is 0. The molecule has 8 nitrogen and oxygen atoms in total. The molecule has 4 heterocycles. The summed E-state index contributed by atoms with van der Waals surface area (Å²) < 4.78 is 9.31. The second kappa shape index (κ2) is 6.75. The molecule has 0 unspecified atom stereocenters. The number of nitrogens with zero attached hydrogens (tertiary/aromatic N) is 6. The molecule has 1 atom stereocenters. The highest BCUT2D eigenvalue weighted by molar-refractivity contribution is 5.82. The summed E-state index contributed by atoms with van der Waals surface area (Å²) in [7, 11) is 1.83. The van der Waals surface area contributed by atoms with Crippen molar-refractivity contribution in [2.75, 3.05) is 6.61 Å². The average Bonchev–Trinajstić information content (AvgIpc) is 3.50. The first-order chi connectivity index (χ1) is 15.2. The lowest BCUT2D eigenvalue weighted by Crippen LogP contribution is -2.10. The first-order valence-corrected chi connectivity index (χ1v) is 10.0. The first-order valence-electron chi connectivity index (χ1n) is 10.0. The Hall–Kier alpha value is -4.04. The zero-order valence-corrected chi connectivity index (χ0v) is 16.8. The number of imidazole rings is 1.